The summed E-state index contributed by atoms with van der Waals surface area (Å²) in [6.45, 7) is 4.06. The van der Waals surface area contributed by atoms with Crippen LogP contribution >= 0.6 is 0 Å². The van der Waals surface area contributed by atoms with Crippen molar-refractivity contribution in [3.8, 4) is 22.6 Å². The van der Waals surface area contributed by atoms with Gasteiger partial charge >= 0.3 is 0 Å². The number of methoxy groups -OCH3 is 2. The average Bonchev–Trinajstić information content (AvgIpc) is 2.61. The molecule has 0 aliphatic heterocycles. The lowest BCUT2D eigenvalue weighted by molar-refractivity contribution is 0.389. The Morgan fingerprint density at radius 2 is 1.58 bits per heavy atom. The van der Waals surface area contributed by atoms with Gasteiger partial charge in [-0.1, -0.05) is 18.2 Å². The molecule has 1 N–H and O–H groups in total. The summed E-state index contributed by atoms with van der Waals surface area (Å²) in [7, 11) is 3.06. The molecule has 0 saturated heterocycles. The highest BCUT2D eigenvalue weighted by Crippen LogP contribution is 2.37. The second kappa shape index (κ2) is 7.48. The van der Waals surface area contributed by atoms with Crippen LogP contribution in [0.1, 0.15) is 11.1 Å². The van der Waals surface area contributed by atoms with Crippen LogP contribution in [0.25, 0.3) is 11.1 Å². The van der Waals surface area contributed by atoms with E-state index in [-0.39, 0.29) is 5.75 Å². The highest BCUT2D eigenvalue weighted by Gasteiger charge is 2.16. The maximum atomic E-state index is 15.1. The number of rotatable bonds is 5. The fourth-order valence-electron chi connectivity index (χ4n) is 3.07. The molecule has 0 aliphatic carbocycles. The lowest BCUT2D eigenvalue weighted by Crippen LogP contribution is -1.99. The molecule has 26 heavy (non-hydrogen) atoms. The van der Waals surface area contributed by atoms with E-state index in [2.05, 4.69) is 11.4 Å². The van der Waals surface area contributed by atoms with Crippen molar-refractivity contribution in [2.45, 2.75) is 13.8 Å². The van der Waals surface area contributed by atoms with E-state index >= 15 is 4.39 Å². The standard InChI is InChI=1S/C22H22FNO2/c1-14-10-15(2)12-17(11-14)24-20-9-8-19(21(23)22(20)26-4)16-6-5-7-18(13-16)25-3/h5-13,24H,1-4H3. The highest BCUT2D eigenvalue weighted by atomic mass is 19.1. The third kappa shape index (κ3) is 3.64. The fraction of sp³-hybridized carbons (Fsp3) is 0.182. The van der Waals surface area contributed by atoms with Crippen LogP contribution in [0.15, 0.2) is 54.6 Å². The lowest BCUT2D eigenvalue weighted by atomic mass is 10.0. The van der Waals surface area contributed by atoms with Gasteiger partial charge < -0.3 is 14.8 Å². The van der Waals surface area contributed by atoms with Crippen molar-refractivity contribution in [2.75, 3.05) is 19.5 Å². The molecule has 3 nitrogen and oxygen atoms in total. The smallest absolute Gasteiger partial charge is 0.178 e. The molecule has 0 radical (unpaired) electrons. The van der Waals surface area contributed by atoms with E-state index in [9.17, 15) is 0 Å². The zero-order valence-electron chi connectivity index (χ0n) is 15.4. The summed E-state index contributed by atoms with van der Waals surface area (Å²) in [5, 5.41) is 3.26. The van der Waals surface area contributed by atoms with Gasteiger partial charge in [0.1, 0.15) is 5.75 Å². The Hall–Kier alpha value is -3.01. The minimum atomic E-state index is -0.407. The topological polar surface area (TPSA) is 30.5 Å². The first kappa shape index (κ1) is 17.8. The third-order valence-electron chi connectivity index (χ3n) is 4.18. The second-order valence-electron chi connectivity index (χ2n) is 6.24. The first-order chi connectivity index (χ1) is 12.5. The van der Waals surface area contributed by atoms with E-state index in [4.69, 9.17) is 9.47 Å². The van der Waals surface area contributed by atoms with Gasteiger partial charge in [-0.2, -0.15) is 0 Å². The van der Waals surface area contributed by atoms with Gasteiger partial charge in [-0.25, -0.2) is 4.39 Å². The largest absolute Gasteiger partial charge is 0.497 e. The van der Waals surface area contributed by atoms with Gasteiger partial charge in [-0.3, -0.25) is 0 Å². The highest BCUT2D eigenvalue weighted by molar-refractivity contribution is 5.75. The Kier molecular flexibility index (Phi) is 5.12. The van der Waals surface area contributed by atoms with Crippen molar-refractivity contribution >= 4 is 11.4 Å². The van der Waals surface area contributed by atoms with Crippen LogP contribution in [-0.2, 0) is 0 Å². The lowest BCUT2D eigenvalue weighted by Gasteiger charge is -2.15. The summed E-state index contributed by atoms with van der Waals surface area (Å²) < 4.78 is 25.7. The quantitative estimate of drug-likeness (QED) is 0.623. The number of nitrogens with one attached hydrogen (secondary N) is 1. The number of anilines is 2. The molecule has 0 spiro atoms. The molecular weight excluding hydrogens is 329 g/mol. The molecule has 0 bridgehead atoms. The van der Waals surface area contributed by atoms with Crippen molar-refractivity contribution in [1.82, 2.24) is 0 Å². The van der Waals surface area contributed by atoms with E-state index < -0.39 is 5.82 Å². The summed E-state index contributed by atoms with van der Waals surface area (Å²) in [5.41, 5.74) is 4.96. The van der Waals surface area contributed by atoms with Gasteiger partial charge in [-0.15, -0.1) is 0 Å². The zero-order chi connectivity index (χ0) is 18.7. The monoisotopic (exact) mass is 351 g/mol. The maximum Gasteiger partial charge on any atom is 0.178 e. The Labute approximate surface area is 153 Å². The first-order valence-corrected chi connectivity index (χ1v) is 8.38. The molecule has 4 heteroatoms. The van der Waals surface area contributed by atoms with Gasteiger partial charge in [0, 0.05) is 11.3 Å². The van der Waals surface area contributed by atoms with Gasteiger partial charge in [0.15, 0.2) is 11.6 Å². The third-order valence-corrected chi connectivity index (χ3v) is 4.18. The van der Waals surface area contributed by atoms with Crippen molar-refractivity contribution in [3.05, 3.63) is 71.5 Å². The maximum absolute atomic E-state index is 15.1. The number of aryl methyl sites for hydroxylation is 2. The fourth-order valence-corrected chi connectivity index (χ4v) is 3.07. The van der Waals surface area contributed by atoms with E-state index in [1.54, 1.807) is 19.2 Å². The molecular formula is C22H22FNO2. The van der Waals surface area contributed by atoms with Crippen LogP contribution < -0.4 is 14.8 Å². The molecule has 0 saturated carbocycles. The Morgan fingerprint density at radius 1 is 0.846 bits per heavy atom. The number of benzene rings is 3. The molecule has 3 aromatic carbocycles. The van der Waals surface area contributed by atoms with E-state index in [1.807, 2.05) is 50.2 Å². The van der Waals surface area contributed by atoms with Crippen molar-refractivity contribution < 1.29 is 13.9 Å². The minimum absolute atomic E-state index is 0.185. The van der Waals surface area contributed by atoms with E-state index in [0.717, 1.165) is 22.4 Å². The van der Waals surface area contributed by atoms with Crippen LogP contribution in [0.2, 0.25) is 0 Å². The summed E-state index contributed by atoms with van der Waals surface area (Å²) in [6.07, 6.45) is 0. The molecule has 0 unspecified atom stereocenters. The molecule has 3 aromatic rings. The van der Waals surface area contributed by atoms with Crippen molar-refractivity contribution in [1.29, 1.82) is 0 Å². The molecule has 3 rings (SSSR count). The van der Waals surface area contributed by atoms with Crippen LogP contribution in [0, 0.1) is 19.7 Å². The normalized spacial score (nSPS) is 10.5. The molecule has 0 atom stereocenters. The Bertz CT molecular complexity index is 917. The first-order valence-electron chi connectivity index (χ1n) is 8.38. The molecule has 0 heterocycles. The van der Waals surface area contributed by atoms with Crippen LogP contribution in [0.5, 0.6) is 11.5 Å². The average molecular weight is 351 g/mol. The number of halogens is 1. The second-order valence-corrected chi connectivity index (χ2v) is 6.24. The van der Waals surface area contributed by atoms with Crippen LogP contribution in [0.4, 0.5) is 15.8 Å². The number of hydrogen-bond acceptors (Lipinski definition) is 3. The molecule has 0 aromatic heterocycles. The number of hydrogen-bond donors (Lipinski definition) is 1. The molecule has 0 aliphatic rings. The Morgan fingerprint density at radius 3 is 2.23 bits per heavy atom. The molecule has 0 fully saturated rings. The molecule has 134 valence electrons. The van der Waals surface area contributed by atoms with Gasteiger partial charge in [-0.05, 0) is 66.9 Å². The van der Waals surface area contributed by atoms with E-state index in [1.165, 1.54) is 7.11 Å². The molecule has 0 amide bonds. The van der Waals surface area contributed by atoms with Gasteiger partial charge in [0.25, 0.3) is 0 Å². The van der Waals surface area contributed by atoms with Gasteiger partial charge in [0.05, 0.1) is 19.9 Å². The summed E-state index contributed by atoms with van der Waals surface area (Å²) in [4.78, 5) is 0. The summed E-state index contributed by atoms with van der Waals surface area (Å²) in [5.74, 6) is 0.456. The van der Waals surface area contributed by atoms with Crippen molar-refractivity contribution in [3.63, 3.8) is 0 Å². The van der Waals surface area contributed by atoms with Crippen LogP contribution in [-0.4, -0.2) is 14.2 Å². The van der Waals surface area contributed by atoms with Gasteiger partial charge in [0.2, 0.25) is 0 Å². The number of ether oxygens (including phenoxy) is 2. The van der Waals surface area contributed by atoms with Crippen LogP contribution in [0.3, 0.4) is 0 Å². The van der Waals surface area contributed by atoms with Crippen molar-refractivity contribution in [2.24, 2.45) is 0 Å². The minimum Gasteiger partial charge on any atom is -0.497 e. The Balaban J connectivity index is 2.02. The predicted molar refractivity (Wildman–Crippen MR) is 104 cm³/mol. The zero-order valence-corrected chi connectivity index (χ0v) is 15.4. The summed E-state index contributed by atoms with van der Waals surface area (Å²) >= 11 is 0. The summed E-state index contributed by atoms with van der Waals surface area (Å²) in [6, 6.07) is 17.0. The van der Waals surface area contributed by atoms with E-state index in [0.29, 0.717) is 17.0 Å². The predicted octanol–water partition coefficient (Wildman–Crippen LogP) is 5.87. The SMILES string of the molecule is COc1cccc(-c2ccc(Nc3cc(C)cc(C)c3)c(OC)c2F)c1.